The zero-order valence-corrected chi connectivity index (χ0v) is 8.66. The lowest BCUT2D eigenvalue weighted by Gasteiger charge is -1.99. The quantitative estimate of drug-likeness (QED) is 0.620. The molecule has 1 nitrogen and oxygen atoms in total. The Morgan fingerprint density at radius 1 is 1.38 bits per heavy atom. The predicted molar refractivity (Wildman–Crippen MR) is 59.0 cm³/mol. The SMILES string of the molecule is CCCCC1=CN=CC(CC)C=C1. The lowest BCUT2D eigenvalue weighted by molar-refractivity contribution is 0.794. The van der Waals surface area contributed by atoms with Crippen molar-refractivity contribution >= 4 is 6.21 Å². The zero-order chi connectivity index (χ0) is 9.52. The second kappa shape index (κ2) is 5.74. The molecule has 0 aliphatic carbocycles. The van der Waals surface area contributed by atoms with Crippen LogP contribution in [0.5, 0.6) is 0 Å². The summed E-state index contributed by atoms with van der Waals surface area (Å²) in [6.45, 7) is 4.41. The van der Waals surface area contributed by atoms with Gasteiger partial charge in [-0.05, 0) is 24.8 Å². The van der Waals surface area contributed by atoms with Crippen molar-refractivity contribution < 1.29 is 0 Å². The van der Waals surface area contributed by atoms with Gasteiger partial charge in [-0.3, -0.25) is 4.99 Å². The highest BCUT2D eigenvalue weighted by Crippen LogP contribution is 2.14. The van der Waals surface area contributed by atoms with E-state index in [9.17, 15) is 0 Å². The molecule has 1 aliphatic rings. The molecule has 0 saturated carbocycles. The van der Waals surface area contributed by atoms with Gasteiger partial charge >= 0.3 is 0 Å². The minimum atomic E-state index is 0.537. The summed E-state index contributed by atoms with van der Waals surface area (Å²) in [5, 5.41) is 0. The molecule has 0 aromatic rings. The molecule has 0 saturated heterocycles. The number of allylic oxidation sites excluding steroid dienone is 3. The topological polar surface area (TPSA) is 12.4 Å². The molecule has 1 unspecified atom stereocenters. The van der Waals surface area contributed by atoms with Crippen molar-refractivity contribution in [2.75, 3.05) is 0 Å². The van der Waals surface area contributed by atoms with E-state index in [0.29, 0.717) is 5.92 Å². The molecule has 0 radical (unpaired) electrons. The van der Waals surface area contributed by atoms with E-state index in [1.165, 1.54) is 24.8 Å². The van der Waals surface area contributed by atoms with Crippen LogP contribution in [-0.4, -0.2) is 6.21 Å². The molecule has 1 atom stereocenters. The summed E-state index contributed by atoms with van der Waals surface area (Å²) in [5.74, 6) is 0.537. The Balaban J connectivity index is 2.49. The van der Waals surface area contributed by atoms with Crippen LogP contribution in [0.4, 0.5) is 0 Å². The lowest BCUT2D eigenvalue weighted by Crippen LogP contribution is -1.93. The number of rotatable bonds is 4. The summed E-state index contributed by atoms with van der Waals surface area (Å²) >= 11 is 0. The van der Waals surface area contributed by atoms with Gasteiger partial charge in [-0.25, -0.2) is 0 Å². The number of unbranched alkanes of at least 4 members (excludes halogenated alkanes) is 1. The summed E-state index contributed by atoms with van der Waals surface area (Å²) in [6, 6.07) is 0. The van der Waals surface area contributed by atoms with Crippen molar-refractivity contribution in [3.05, 3.63) is 23.9 Å². The molecule has 1 rings (SSSR count). The molecular weight excluding hydrogens is 158 g/mol. The predicted octanol–water partition coefficient (Wildman–Crippen LogP) is 3.73. The standard InChI is InChI=1S/C12H19N/c1-3-5-6-12-8-7-11(4-2)9-13-10-12/h7-11H,3-6H2,1-2H3. The summed E-state index contributed by atoms with van der Waals surface area (Å²) in [6.07, 6.45) is 13.4. The molecule has 0 aromatic carbocycles. The first-order valence-corrected chi connectivity index (χ1v) is 5.27. The van der Waals surface area contributed by atoms with Gasteiger partial charge in [-0.15, -0.1) is 0 Å². The van der Waals surface area contributed by atoms with E-state index in [4.69, 9.17) is 0 Å². The third kappa shape index (κ3) is 3.58. The van der Waals surface area contributed by atoms with Crippen molar-refractivity contribution in [3.8, 4) is 0 Å². The van der Waals surface area contributed by atoms with Gasteiger partial charge < -0.3 is 0 Å². The summed E-state index contributed by atoms with van der Waals surface area (Å²) in [7, 11) is 0. The Labute approximate surface area is 81.3 Å². The molecule has 0 aromatic heterocycles. The Morgan fingerprint density at radius 2 is 2.23 bits per heavy atom. The van der Waals surface area contributed by atoms with Crippen molar-refractivity contribution in [2.24, 2.45) is 10.9 Å². The van der Waals surface area contributed by atoms with Gasteiger partial charge in [0.1, 0.15) is 0 Å². The van der Waals surface area contributed by atoms with Crippen LogP contribution >= 0.6 is 0 Å². The normalized spacial score (nSPS) is 21.4. The first-order chi connectivity index (χ1) is 6.36. The molecule has 0 spiro atoms. The Bertz CT molecular complexity index is 223. The fourth-order valence-corrected chi connectivity index (χ4v) is 1.36. The first kappa shape index (κ1) is 10.2. The average Bonchev–Trinajstić information content (AvgIpc) is 2.39. The molecule has 1 heteroatoms. The number of aliphatic imine (C=N–C) groups is 1. The maximum Gasteiger partial charge on any atom is 0.0296 e. The van der Waals surface area contributed by atoms with Crippen molar-refractivity contribution in [1.82, 2.24) is 0 Å². The third-order valence-electron chi connectivity index (χ3n) is 2.37. The number of nitrogens with zero attached hydrogens (tertiary/aromatic N) is 1. The Hall–Kier alpha value is -0.850. The molecular formula is C12H19N. The maximum atomic E-state index is 4.31. The first-order valence-electron chi connectivity index (χ1n) is 5.27. The average molecular weight is 177 g/mol. The van der Waals surface area contributed by atoms with Crippen molar-refractivity contribution in [2.45, 2.75) is 39.5 Å². The molecule has 1 aliphatic heterocycles. The maximum absolute atomic E-state index is 4.31. The molecule has 13 heavy (non-hydrogen) atoms. The zero-order valence-electron chi connectivity index (χ0n) is 8.66. The third-order valence-corrected chi connectivity index (χ3v) is 2.37. The van der Waals surface area contributed by atoms with Gasteiger partial charge in [0.25, 0.3) is 0 Å². The number of hydrogen-bond donors (Lipinski definition) is 0. The van der Waals surface area contributed by atoms with Gasteiger partial charge in [0.2, 0.25) is 0 Å². The van der Waals surface area contributed by atoms with E-state index in [0.717, 1.165) is 6.42 Å². The Morgan fingerprint density at radius 3 is 2.92 bits per heavy atom. The highest BCUT2D eigenvalue weighted by Gasteiger charge is 2.00. The van der Waals surface area contributed by atoms with Gasteiger partial charge in [-0.2, -0.15) is 0 Å². The summed E-state index contributed by atoms with van der Waals surface area (Å²) < 4.78 is 0. The van der Waals surface area contributed by atoms with Crippen molar-refractivity contribution in [3.63, 3.8) is 0 Å². The molecule has 0 fully saturated rings. The molecule has 1 heterocycles. The largest absolute Gasteiger partial charge is 0.268 e. The second-order valence-electron chi connectivity index (χ2n) is 3.54. The van der Waals surface area contributed by atoms with Crippen molar-refractivity contribution in [1.29, 1.82) is 0 Å². The molecule has 0 bridgehead atoms. The Kier molecular flexibility index (Phi) is 4.52. The van der Waals surface area contributed by atoms with Crippen LogP contribution in [0.1, 0.15) is 39.5 Å². The molecule has 72 valence electrons. The van der Waals surface area contributed by atoms with Crippen LogP contribution in [0.15, 0.2) is 28.9 Å². The highest BCUT2D eigenvalue weighted by molar-refractivity contribution is 5.65. The van der Waals surface area contributed by atoms with Gasteiger partial charge in [0, 0.05) is 18.3 Å². The summed E-state index contributed by atoms with van der Waals surface area (Å²) in [4.78, 5) is 4.31. The van der Waals surface area contributed by atoms with Gasteiger partial charge in [-0.1, -0.05) is 32.4 Å². The van der Waals surface area contributed by atoms with Crippen LogP contribution in [0.3, 0.4) is 0 Å². The summed E-state index contributed by atoms with van der Waals surface area (Å²) in [5.41, 5.74) is 1.37. The van der Waals surface area contributed by atoms with Gasteiger partial charge in [0.05, 0.1) is 0 Å². The van der Waals surface area contributed by atoms with Crippen LogP contribution in [-0.2, 0) is 0 Å². The van der Waals surface area contributed by atoms with E-state index < -0.39 is 0 Å². The monoisotopic (exact) mass is 177 g/mol. The molecule has 0 amide bonds. The second-order valence-corrected chi connectivity index (χ2v) is 3.54. The van der Waals surface area contributed by atoms with Gasteiger partial charge in [0.15, 0.2) is 0 Å². The smallest absolute Gasteiger partial charge is 0.0296 e. The molecule has 0 N–H and O–H groups in total. The number of hydrogen-bond acceptors (Lipinski definition) is 1. The van der Waals surface area contributed by atoms with E-state index in [1.54, 1.807) is 0 Å². The van der Waals surface area contributed by atoms with E-state index in [1.807, 2.05) is 12.4 Å². The van der Waals surface area contributed by atoms with Crippen LogP contribution in [0.25, 0.3) is 0 Å². The lowest BCUT2D eigenvalue weighted by atomic mass is 10.1. The highest BCUT2D eigenvalue weighted by atomic mass is 14.7. The minimum absolute atomic E-state index is 0.537. The van der Waals surface area contributed by atoms with E-state index in [-0.39, 0.29) is 0 Å². The van der Waals surface area contributed by atoms with E-state index >= 15 is 0 Å². The van der Waals surface area contributed by atoms with Crippen LogP contribution in [0, 0.1) is 5.92 Å². The minimum Gasteiger partial charge on any atom is -0.268 e. The fraction of sp³-hybridized carbons (Fsp3) is 0.583. The van der Waals surface area contributed by atoms with E-state index in [2.05, 4.69) is 31.0 Å². The fourth-order valence-electron chi connectivity index (χ4n) is 1.36. The van der Waals surface area contributed by atoms with Crippen LogP contribution < -0.4 is 0 Å². The van der Waals surface area contributed by atoms with Crippen LogP contribution in [0.2, 0.25) is 0 Å².